The number of oxime groups is 1. The monoisotopic (exact) mass is 866 g/mol. The molecule has 0 aromatic heterocycles. The van der Waals surface area contributed by atoms with Gasteiger partial charge in [0.25, 0.3) is 0 Å². The summed E-state index contributed by atoms with van der Waals surface area (Å²) in [6.45, 7) is 15.4. The maximum Gasteiger partial charge on any atom is 0.119 e. The molecule has 0 amide bonds. The van der Waals surface area contributed by atoms with E-state index in [9.17, 15) is 10.3 Å². The molecular formula is C55H83N3O5. The molecule has 3 aromatic rings. The number of benzene rings is 3. The van der Waals surface area contributed by atoms with Crippen LogP contribution in [-0.4, -0.2) is 54.0 Å². The van der Waals surface area contributed by atoms with Crippen molar-refractivity contribution in [2.45, 2.75) is 192 Å². The Morgan fingerprint density at radius 1 is 0.603 bits per heavy atom. The number of nitrogens with zero attached hydrogens (tertiary/aromatic N) is 1. The Labute approximate surface area is 380 Å². The maximum atomic E-state index is 9.95. The second-order valence-electron chi connectivity index (χ2n) is 20.9. The molecule has 6 aliphatic rings. The number of hydrogen-bond donors (Lipinski definition) is 5. The third kappa shape index (κ3) is 9.84. The topological polar surface area (TPSA) is 144 Å². The summed E-state index contributed by atoms with van der Waals surface area (Å²) in [6, 6.07) is 13.1. The highest BCUT2D eigenvalue weighted by atomic mass is 16.5. The van der Waals surface area contributed by atoms with Crippen LogP contribution in [0, 0.1) is 38.5 Å². The molecule has 8 unspecified atom stereocenters. The molecule has 9 rings (SSSR count). The summed E-state index contributed by atoms with van der Waals surface area (Å²) in [6.07, 6.45) is 22.0. The quantitative estimate of drug-likeness (QED) is 0.127. The Balaban J connectivity index is 0.000000153. The third-order valence-electron chi connectivity index (χ3n) is 16.8. The molecule has 0 heterocycles. The smallest absolute Gasteiger partial charge is 0.119 e. The van der Waals surface area contributed by atoms with E-state index in [-0.39, 0.29) is 28.9 Å². The number of fused-ring (bicyclic) bond motifs is 12. The number of phenols is 1. The van der Waals surface area contributed by atoms with Gasteiger partial charge >= 0.3 is 0 Å². The van der Waals surface area contributed by atoms with E-state index in [1.54, 1.807) is 26.7 Å². The molecule has 0 radical (unpaired) electrons. The zero-order valence-electron chi connectivity index (χ0n) is 40.5. The molecule has 8 heteroatoms. The summed E-state index contributed by atoms with van der Waals surface area (Å²) in [5.74, 6) is 3.94. The molecule has 0 aliphatic heterocycles. The van der Waals surface area contributed by atoms with Gasteiger partial charge in [0.05, 0.1) is 19.9 Å². The van der Waals surface area contributed by atoms with Crippen LogP contribution in [0.2, 0.25) is 0 Å². The summed E-state index contributed by atoms with van der Waals surface area (Å²) >= 11 is 0. The van der Waals surface area contributed by atoms with Crippen molar-refractivity contribution in [1.29, 1.82) is 0 Å². The van der Waals surface area contributed by atoms with Gasteiger partial charge in [-0.05, 0) is 184 Å². The highest BCUT2D eigenvalue weighted by Crippen LogP contribution is 2.50. The van der Waals surface area contributed by atoms with E-state index in [0.29, 0.717) is 29.5 Å². The Hall–Kier alpha value is -3.59. The van der Waals surface area contributed by atoms with Crippen LogP contribution in [0.15, 0.2) is 41.6 Å². The number of nitrogens with two attached hydrogens (primary N) is 2. The van der Waals surface area contributed by atoms with Crippen LogP contribution < -0.4 is 20.9 Å². The first-order chi connectivity index (χ1) is 30.1. The number of hydrogen-bond acceptors (Lipinski definition) is 8. The van der Waals surface area contributed by atoms with Crippen LogP contribution in [0.3, 0.4) is 0 Å². The number of ether oxygens (including phenoxy) is 2. The largest absolute Gasteiger partial charge is 0.508 e. The van der Waals surface area contributed by atoms with E-state index in [1.807, 2.05) is 12.1 Å². The van der Waals surface area contributed by atoms with Gasteiger partial charge in [-0.15, -0.1) is 0 Å². The first-order valence-electron chi connectivity index (χ1n) is 24.6. The van der Waals surface area contributed by atoms with Gasteiger partial charge in [-0.1, -0.05) is 83.7 Å². The van der Waals surface area contributed by atoms with E-state index in [0.717, 1.165) is 55.7 Å². The van der Waals surface area contributed by atoms with Gasteiger partial charge in [0.15, 0.2) is 0 Å². The van der Waals surface area contributed by atoms with E-state index < -0.39 is 0 Å². The number of aliphatic hydroxyl groups excluding tert-OH is 1. The number of aromatic hydroxyl groups is 1. The number of aliphatic hydroxyl groups is 1. The third-order valence-corrected chi connectivity index (χ3v) is 16.8. The fourth-order valence-electron chi connectivity index (χ4n) is 13.1. The van der Waals surface area contributed by atoms with Crippen molar-refractivity contribution in [1.82, 2.24) is 0 Å². The zero-order valence-corrected chi connectivity index (χ0v) is 40.5. The maximum absolute atomic E-state index is 9.95. The second-order valence-corrected chi connectivity index (χ2v) is 20.9. The van der Waals surface area contributed by atoms with E-state index >= 15 is 0 Å². The van der Waals surface area contributed by atoms with Gasteiger partial charge in [0.2, 0.25) is 0 Å². The SMILES string of the molecule is CCO.COc1cc(C)c2c(c1)C1(C)CCCCCC(C2)/C1=N\O.COc1cc(C)c2c(c1)C1(C)CCCCCC(C2)C1N.Cc1cc(O)cc2c1CC1CCCCCC2(C)C1N. The summed E-state index contributed by atoms with van der Waals surface area (Å²) in [5, 5.41) is 30.9. The minimum atomic E-state index is -0.146. The van der Waals surface area contributed by atoms with Gasteiger partial charge in [-0.2, -0.15) is 0 Å². The van der Waals surface area contributed by atoms with Gasteiger partial charge in [0.1, 0.15) is 17.2 Å². The Bertz CT molecular complexity index is 2060. The molecule has 0 saturated heterocycles. The standard InChI is InChI=1S/C18H25NO2.C18H27NO.C17H25NO.C2H6O/c1-12-9-14(21-3)11-16-15(12)10-13-7-5-4-6-8-18(16,2)17(13)19-20;1-12-9-14(20-3)11-16-15(12)10-13-7-5-4-6-8-18(16,2)17(13)19;1-11-8-13(19)10-15-14(11)9-12-6-4-3-5-7-17(15,2)16(12)18;1-2-3/h9,11,13,20H,4-8,10H2,1-3H3;9,11,13,17H,4-8,10,19H2,1-3H3;8,10,12,16,19H,3-7,9,18H2,1-2H3;3H,2H2,1H3/b19-17+;;;. The summed E-state index contributed by atoms with van der Waals surface area (Å²) in [5.41, 5.74) is 26.8. The van der Waals surface area contributed by atoms with E-state index in [2.05, 4.69) is 71.0 Å². The Morgan fingerprint density at radius 3 is 1.52 bits per heavy atom. The van der Waals surface area contributed by atoms with Crippen LogP contribution in [0.4, 0.5) is 0 Å². The summed E-state index contributed by atoms with van der Waals surface area (Å²) < 4.78 is 11.0. The molecule has 3 saturated carbocycles. The van der Waals surface area contributed by atoms with Gasteiger partial charge in [-0.25, -0.2) is 0 Å². The number of phenolic OH excluding ortho intramolecular Hbond substituents is 1. The minimum absolute atomic E-state index is 0.0438. The summed E-state index contributed by atoms with van der Waals surface area (Å²) in [4.78, 5) is 0. The molecule has 3 aromatic carbocycles. The average molecular weight is 866 g/mol. The van der Waals surface area contributed by atoms with Crippen molar-refractivity contribution in [3.8, 4) is 17.2 Å². The highest BCUT2D eigenvalue weighted by molar-refractivity contribution is 5.98. The minimum Gasteiger partial charge on any atom is -0.508 e. The Morgan fingerprint density at radius 2 is 1.03 bits per heavy atom. The molecule has 8 nitrogen and oxygen atoms in total. The molecule has 348 valence electrons. The molecule has 6 aliphatic carbocycles. The molecular weight excluding hydrogens is 783 g/mol. The highest BCUT2D eigenvalue weighted by Gasteiger charge is 2.47. The fourth-order valence-corrected chi connectivity index (χ4v) is 13.1. The average Bonchev–Trinajstić information content (AvgIpc) is 3.25. The molecule has 7 N–H and O–H groups in total. The normalized spacial score (nSPS) is 31.2. The van der Waals surface area contributed by atoms with Crippen molar-refractivity contribution < 1.29 is 24.9 Å². The van der Waals surface area contributed by atoms with Crippen LogP contribution >= 0.6 is 0 Å². The van der Waals surface area contributed by atoms with Crippen LogP contribution in [0.1, 0.15) is 174 Å². The summed E-state index contributed by atoms with van der Waals surface area (Å²) in [7, 11) is 3.47. The zero-order chi connectivity index (χ0) is 45.7. The van der Waals surface area contributed by atoms with Crippen molar-refractivity contribution >= 4 is 5.71 Å². The fraction of sp³-hybridized carbons (Fsp3) is 0.655. The lowest BCUT2D eigenvalue weighted by Crippen LogP contribution is -2.53. The predicted octanol–water partition coefficient (Wildman–Crippen LogP) is 11.4. The second kappa shape index (κ2) is 20.7. The lowest BCUT2D eigenvalue weighted by atomic mass is 9.59. The van der Waals surface area contributed by atoms with Gasteiger partial charge in [-0.3, -0.25) is 0 Å². The number of rotatable bonds is 2. The molecule has 3 fully saturated rings. The molecule has 8 atom stereocenters. The first kappa shape index (κ1) is 48.9. The number of aryl methyl sites for hydroxylation is 3. The van der Waals surface area contributed by atoms with Crippen molar-refractivity contribution in [3.05, 3.63) is 86.5 Å². The van der Waals surface area contributed by atoms with E-state index in [4.69, 9.17) is 26.0 Å². The number of methoxy groups -OCH3 is 2. The van der Waals surface area contributed by atoms with Crippen molar-refractivity contribution in [3.63, 3.8) is 0 Å². The molecule has 0 spiro atoms. The predicted molar refractivity (Wildman–Crippen MR) is 259 cm³/mol. The Kier molecular flexibility index (Phi) is 16.1. The van der Waals surface area contributed by atoms with Crippen molar-refractivity contribution in [2.75, 3.05) is 20.8 Å². The lowest BCUT2D eigenvalue weighted by Gasteiger charge is -2.48. The first-order valence-corrected chi connectivity index (χ1v) is 24.6. The van der Waals surface area contributed by atoms with Crippen LogP contribution in [0.5, 0.6) is 17.2 Å². The van der Waals surface area contributed by atoms with Crippen molar-refractivity contribution in [2.24, 2.45) is 34.4 Å². The van der Waals surface area contributed by atoms with Gasteiger partial charge < -0.3 is 36.4 Å². The molecule has 6 bridgehead atoms. The van der Waals surface area contributed by atoms with Crippen LogP contribution in [-0.2, 0) is 35.5 Å². The lowest BCUT2D eigenvalue weighted by molar-refractivity contribution is 0.201. The molecule has 63 heavy (non-hydrogen) atoms. The van der Waals surface area contributed by atoms with E-state index in [1.165, 1.54) is 122 Å². The van der Waals surface area contributed by atoms with Crippen LogP contribution in [0.25, 0.3) is 0 Å². The van der Waals surface area contributed by atoms with Gasteiger partial charge in [0, 0.05) is 40.9 Å².